The van der Waals surface area contributed by atoms with E-state index in [2.05, 4.69) is 0 Å². The molecule has 0 amide bonds. The summed E-state index contributed by atoms with van der Waals surface area (Å²) in [6, 6.07) is 0. The van der Waals surface area contributed by atoms with E-state index in [0.29, 0.717) is 0 Å². The number of carboxylic acids is 3. The number of aliphatic hydroxyl groups is 3. The van der Waals surface area contributed by atoms with E-state index in [0.717, 1.165) is 0 Å². The molecule has 0 saturated heterocycles. The molecule has 0 heterocycles. The highest BCUT2D eigenvalue weighted by Gasteiger charge is 2.66. The number of rotatable bonds is 9. The average molecular weight is 345 g/mol. The molecule has 9 heteroatoms. The van der Waals surface area contributed by atoms with E-state index in [1.807, 2.05) is 0 Å². The summed E-state index contributed by atoms with van der Waals surface area (Å²) in [4.78, 5) is 35.6. The third-order valence-electron chi connectivity index (χ3n) is 5.55. The topological polar surface area (TPSA) is 181 Å². The van der Waals surface area contributed by atoms with Gasteiger partial charge in [0.05, 0.1) is 17.4 Å². The quantitative estimate of drug-likeness (QED) is 0.347. The molecule has 0 bridgehead atoms. The van der Waals surface area contributed by atoms with Crippen LogP contribution in [0.1, 0.15) is 38.5 Å². The van der Waals surface area contributed by atoms with E-state index >= 15 is 0 Å². The third kappa shape index (κ3) is 2.56. The van der Waals surface area contributed by atoms with Crippen LogP contribution in [-0.2, 0) is 14.4 Å². The van der Waals surface area contributed by atoms with Crippen LogP contribution in [-0.4, -0.2) is 53.0 Å². The summed E-state index contributed by atoms with van der Waals surface area (Å²) in [5.41, 5.74) is -7.12. The maximum Gasteiger partial charge on any atom is 0.0608 e. The lowest BCUT2D eigenvalue weighted by molar-refractivity contribution is -0.378. The summed E-state index contributed by atoms with van der Waals surface area (Å²) in [6.07, 6.45) is -1.79. The summed E-state index contributed by atoms with van der Waals surface area (Å²) >= 11 is 0. The highest BCUT2D eigenvalue weighted by atomic mass is 16.4. The minimum atomic E-state index is -2.93. The van der Waals surface area contributed by atoms with E-state index < -0.39 is 66.8 Å². The average Bonchev–Trinajstić information content (AvgIpc) is 2.48. The molecule has 1 unspecified atom stereocenters. The molecule has 0 radical (unpaired) electrons. The van der Waals surface area contributed by atoms with Gasteiger partial charge in [0.2, 0.25) is 0 Å². The summed E-state index contributed by atoms with van der Waals surface area (Å²) in [7, 11) is 0. The van der Waals surface area contributed by atoms with Crippen LogP contribution >= 0.6 is 0 Å². The van der Waals surface area contributed by atoms with Crippen LogP contribution in [0.25, 0.3) is 0 Å². The van der Waals surface area contributed by atoms with Crippen LogP contribution in [0.2, 0.25) is 0 Å². The van der Waals surface area contributed by atoms with Gasteiger partial charge < -0.3 is 45.0 Å². The van der Waals surface area contributed by atoms with Crippen molar-refractivity contribution in [2.24, 2.45) is 16.2 Å². The molecule has 0 aromatic rings. The molecule has 1 rings (SSSR count). The van der Waals surface area contributed by atoms with Gasteiger partial charge in [-0.05, 0) is 37.5 Å². The Morgan fingerprint density at radius 2 is 1.21 bits per heavy atom. The van der Waals surface area contributed by atoms with Gasteiger partial charge in [-0.3, -0.25) is 0 Å². The Balaban J connectivity index is 3.86. The number of carbonyl (C=O) groups excluding carboxylic acids is 3. The SMILES string of the molecule is O=C([O-])C1(C(=O)[O-])CCCC(CCO)(CCO)C1(CCO)C(=O)[O-]. The zero-order valence-corrected chi connectivity index (χ0v) is 13.2. The van der Waals surface area contributed by atoms with E-state index in [-0.39, 0.29) is 25.7 Å². The first kappa shape index (κ1) is 20.3. The summed E-state index contributed by atoms with van der Waals surface area (Å²) in [5.74, 6) is -6.26. The zero-order valence-electron chi connectivity index (χ0n) is 13.2. The first-order valence-corrected chi connectivity index (χ1v) is 7.69. The van der Waals surface area contributed by atoms with Crippen molar-refractivity contribution in [3.63, 3.8) is 0 Å². The molecule has 0 spiro atoms. The number of carbonyl (C=O) groups is 3. The van der Waals surface area contributed by atoms with Gasteiger partial charge in [-0.1, -0.05) is 6.42 Å². The van der Waals surface area contributed by atoms with Gasteiger partial charge in [0.25, 0.3) is 0 Å². The fourth-order valence-corrected chi connectivity index (χ4v) is 4.58. The van der Waals surface area contributed by atoms with Gasteiger partial charge in [0.1, 0.15) is 0 Å². The molecular formula is C15H21O9-3. The Morgan fingerprint density at radius 3 is 1.54 bits per heavy atom. The maximum absolute atomic E-state index is 12.1. The Morgan fingerprint density at radius 1 is 0.750 bits per heavy atom. The smallest absolute Gasteiger partial charge is 0.0608 e. The van der Waals surface area contributed by atoms with E-state index in [9.17, 15) is 45.0 Å². The lowest BCUT2D eigenvalue weighted by atomic mass is 9.42. The summed E-state index contributed by atoms with van der Waals surface area (Å²) in [6.45, 7) is -1.94. The Kier molecular flexibility index (Phi) is 6.32. The van der Waals surface area contributed by atoms with Crippen molar-refractivity contribution in [1.82, 2.24) is 0 Å². The second-order valence-electron chi connectivity index (χ2n) is 6.23. The van der Waals surface area contributed by atoms with Crippen molar-refractivity contribution in [3.8, 4) is 0 Å². The number of carboxylic acid groups (broad SMARTS) is 3. The zero-order chi connectivity index (χ0) is 18.6. The highest BCUT2D eigenvalue weighted by molar-refractivity contribution is 6.02. The molecule has 1 fully saturated rings. The molecule has 0 aromatic carbocycles. The van der Waals surface area contributed by atoms with Crippen molar-refractivity contribution >= 4 is 17.9 Å². The van der Waals surface area contributed by atoms with Crippen molar-refractivity contribution in [2.75, 3.05) is 19.8 Å². The minimum Gasteiger partial charge on any atom is -0.549 e. The lowest BCUT2D eigenvalue weighted by Crippen LogP contribution is -2.74. The fourth-order valence-electron chi connectivity index (χ4n) is 4.58. The second-order valence-corrected chi connectivity index (χ2v) is 6.23. The van der Waals surface area contributed by atoms with Crippen LogP contribution < -0.4 is 15.3 Å². The summed E-state index contributed by atoms with van der Waals surface area (Å²) < 4.78 is 0. The second kappa shape index (κ2) is 7.45. The molecule has 0 aliphatic heterocycles. The number of aliphatic hydroxyl groups excluding tert-OH is 3. The first-order valence-electron chi connectivity index (χ1n) is 7.69. The van der Waals surface area contributed by atoms with Crippen molar-refractivity contribution in [3.05, 3.63) is 0 Å². The van der Waals surface area contributed by atoms with Crippen LogP contribution in [0, 0.1) is 16.2 Å². The molecule has 0 aromatic heterocycles. The lowest BCUT2D eigenvalue weighted by Gasteiger charge is -2.65. The number of hydrogen-bond donors (Lipinski definition) is 3. The monoisotopic (exact) mass is 345 g/mol. The van der Waals surface area contributed by atoms with Crippen LogP contribution in [0.5, 0.6) is 0 Å². The largest absolute Gasteiger partial charge is 0.549 e. The normalized spacial score (nSPS) is 25.1. The molecule has 1 aliphatic carbocycles. The van der Waals surface area contributed by atoms with Crippen LogP contribution in [0.3, 0.4) is 0 Å². The highest BCUT2D eigenvalue weighted by Crippen LogP contribution is 2.64. The Hall–Kier alpha value is -1.71. The fraction of sp³-hybridized carbons (Fsp3) is 0.800. The molecule has 9 nitrogen and oxygen atoms in total. The summed E-state index contributed by atoms with van der Waals surface area (Å²) in [5, 5.41) is 63.7. The van der Waals surface area contributed by atoms with E-state index in [1.54, 1.807) is 0 Å². The van der Waals surface area contributed by atoms with Gasteiger partial charge in [-0.25, -0.2) is 0 Å². The van der Waals surface area contributed by atoms with Gasteiger partial charge in [0, 0.05) is 31.2 Å². The van der Waals surface area contributed by atoms with Gasteiger partial charge in [0.15, 0.2) is 0 Å². The molecule has 1 aliphatic rings. The molecule has 1 saturated carbocycles. The number of hydrogen-bond acceptors (Lipinski definition) is 9. The van der Waals surface area contributed by atoms with Gasteiger partial charge in [-0.2, -0.15) is 0 Å². The Bertz CT molecular complexity index is 476. The number of aliphatic carboxylic acids is 3. The Labute approximate surface area is 138 Å². The van der Waals surface area contributed by atoms with Crippen LogP contribution in [0.4, 0.5) is 0 Å². The first-order chi connectivity index (χ1) is 11.2. The molecule has 24 heavy (non-hydrogen) atoms. The molecular weight excluding hydrogens is 324 g/mol. The maximum atomic E-state index is 12.1. The van der Waals surface area contributed by atoms with Crippen LogP contribution in [0.15, 0.2) is 0 Å². The molecule has 1 atom stereocenters. The van der Waals surface area contributed by atoms with Gasteiger partial charge in [-0.15, -0.1) is 0 Å². The predicted molar refractivity (Wildman–Crippen MR) is 71.3 cm³/mol. The third-order valence-corrected chi connectivity index (χ3v) is 5.55. The van der Waals surface area contributed by atoms with Crippen molar-refractivity contribution in [2.45, 2.75) is 38.5 Å². The van der Waals surface area contributed by atoms with Crippen molar-refractivity contribution in [1.29, 1.82) is 0 Å². The van der Waals surface area contributed by atoms with Crippen molar-refractivity contribution < 1.29 is 45.0 Å². The van der Waals surface area contributed by atoms with Gasteiger partial charge >= 0.3 is 0 Å². The van der Waals surface area contributed by atoms with E-state index in [1.165, 1.54) is 0 Å². The minimum absolute atomic E-state index is 0.0163. The predicted octanol–water partition coefficient (Wildman–Crippen LogP) is -4.47. The molecule has 138 valence electrons. The molecule has 3 N–H and O–H groups in total. The standard InChI is InChI=1S/C15H24O9/c16-7-4-13(5-8-17)2-1-3-14(10(19)20,11(21)22)15(13,6-9-18)12(23)24/h16-18H,1-9H2,(H,19,20)(H,21,22)(H,23,24)/p-3. The van der Waals surface area contributed by atoms with E-state index in [4.69, 9.17) is 0 Å².